The average molecular weight is 325 g/mol. The molecule has 0 saturated heterocycles. The number of rotatable bonds is 7. The first-order valence-electron chi connectivity index (χ1n) is 6.57. The summed E-state index contributed by atoms with van der Waals surface area (Å²) in [5.74, 6) is -0.130. The van der Waals surface area contributed by atoms with Crippen LogP contribution >= 0.6 is 0 Å². The van der Waals surface area contributed by atoms with Crippen LogP contribution in [0.4, 0.5) is 4.39 Å². The molecule has 0 aliphatic carbocycles. The molecule has 0 fully saturated rings. The molecule has 0 bridgehead atoms. The zero-order valence-corrected chi connectivity index (χ0v) is 12.8. The number of halogens is 1. The molecule has 2 rings (SSSR count). The SMILES string of the molecule is COc1cccc(CCNOS(=O)(=O)c2ccccc2F)c1. The van der Waals surface area contributed by atoms with Crippen LogP contribution in [-0.2, 0) is 20.8 Å². The Balaban J connectivity index is 1.89. The number of nitrogens with one attached hydrogen (secondary N) is 1. The van der Waals surface area contributed by atoms with Crippen LogP contribution in [-0.4, -0.2) is 22.1 Å². The van der Waals surface area contributed by atoms with Crippen LogP contribution in [0.15, 0.2) is 53.4 Å². The smallest absolute Gasteiger partial charge is 0.315 e. The van der Waals surface area contributed by atoms with E-state index in [1.807, 2.05) is 24.3 Å². The van der Waals surface area contributed by atoms with Crippen molar-refractivity contribution < 1.29 is 21.8 Å². The minimum atomic E-state index is -4.17. The third kappa shape index (κ3) is 4.27. The van der Waals surface area contributed by atoms with Crippen molar-refractivity contribution in [2.24, 2.45) is 0 Å². The van der Waals surface area contributed by atoms with Gasteiger partial charge in [0.25, 0.3) is 0 Å². The fourth-order valence-electron chi connectivity index (χ4n) is 1.83. The quantitative estimate of drug-likeness (QED) is 0.625. The van der Waals surface area contributed by atoms with Crippen molar-refractivity contribution in [1.82, 2.24) is 5.48 Å². The van der Waals surface area contributed by atoms with Crippen molar-refractivity contribution in [3.05, 3.63) is 59.9 Å². The fraction of sp³-hybridized carbons (Fsp3) is 0.200. The van der Waals surface area contributed by atoms with E-state index in [-0.39, 0.29) is 6.54 Å². The average Bonchev–Trinajstić information content (AvgIpc) is 2.52. The molecule has 2 aromatic rings. The van der Waals surface area contributed by atoms with Crippen molar-refractivity contribution >= 4 is 10.1 Å². The van der Waals surface area contributed by atoms with Gasteiger partial charge in [0, 0.05) is 6.54 Å². The van der Waals surface area contributed by atoms with E-state index in [2.05, 4.69) is 9.76 Å². The monoisotopic (exact) mass is 325 g/mol. The normalized spacial score (nSPS) is 11.4. The molecular formula is C15H16FNO4S. The summed E-state index contributed by atoms with van der Waals surface area (Å²) < 4.78 is 46.8. The first-order chi connectivity index (χ1) is 10.5. The maximum Gasteiger partial charge on any atom is 0.315 e. The molecule has 0 radical (unpaired) electrons. The predicted molar refractivity (Wildman–Crippen MR) is 79.4 cm³/mol. The Morgan fingerprint density at radius 2 is 1.91 bits per heavy atom. The second kappa shape index (κ2) is 7.35. The summed E-state index contributed by atoms with van der Waals surface area (Å²) in [6, 6.07) is 12.4. The van der Waals surface area contributed by atoms with Gasteiger partial charge in [0.05, 0.1) is 7.11 Å². The second-order valence-corrected chi connectivity index (χ2v) is 5.98. The number of hydroxylamine groups is 1. The van der Waals surface area contributed by atoms with Gasteiger partial charge in [-0.1, -0.05) is 24.3 Å². The van der Waals surface area contributed by atoms with Gasteiger partial charge in [0.15, 0.2) is 0 Å². The van der Waals surface area contributed by atoms with E-state index in [1.165, 1.54) is 12.1 Å². The Bertz CT molecular complexity index is 734. The molecule has 1 N–H and O–H groups in total. The number of ether oxygens (including phenoxy) is 1. The zero-order chi connectivity index (χ0) is 16.0. The summed E-state index contributed by atoms with van der Waals surface area (Å²) >= 11 is 0. The largest absolute Gasteiger partial charge is 0.497 e. The van der Waals surface area contributed by atoms with Gasteiger partial charge >= 0.3 is 10.1 Å². The molecule has 7 heteroatoms. The maximum atomic E-state index is 13.4. The molecule has 0 saturated carbocycles. The summed E-state index contributed by atoms with van der Waals surface area (Å²) in [5, 5.41) is 0. The Kier molecular flexibility index (Phi) is 5.48. The molecule has 5 nitrogen and oxygen atoms in total. The summed E-state index contributed by atoms with van der Waals surface area (Å²) in [6.45, 7) is 0.251. The highest BCUT2D eigenvalue weighted by Crippen LogP contribution is 2.15. The summed E-state index contributed by atoms with van der Waals surface area (Å²) in [5.41, 5.74) is 3.30. The highest BCUT2D eigenvalue weighted by molar-refractivity contribution is 7.86. The second-order valence-electron chi connectivity index (χ2n) is 4.46. The first kappa shape index (κ1) is 16.4. The number of hydrogen-bond donors (Lipinski definition) is 1. The third-order valence-corrected chi connectivity index (χ3v) is 4.13. The van der Waals surface area contributed by atoms with E-state index in [4.69, 9.17) is 4.74 Å². The maximum absolute atomic E-state index is 13.4. The highest BCUT2D eigenvalue weighted by Gasteiger charge is 2.19. The lowest BCUT2D eigenvalue weighted by atomic mass is 10.1. The molecular weight excluding hydrogens is 309 g/mol. The van der Waals surface area contributed by atoms with E-state index in [0.29, 0.717) is 6.42 Å². The van der Waals surface area contributed by atoms with Crippen molar-refractivity contribution in [2.45, 2.75) is 11.3 Å². The molecule has 0 unspecified atom stereocenters. The Labute approximate surface area is 128 Å². The van der Waals surface area contributed by atoms with Gasteiger partial charge in [-0.15, -0.1) is 0 Å². The minimum absolute atomic E-state index is 0.251. The lowest BCUT2D eigenvalue weighted by Gasteiger charge is -2.08. The van der Waals surface area contributed by atoms with E-state index in [1.54, 1.807) is 7.11 Å². The van der Waals surface area contributed by atoms with Gasteiger partial charge in [-0.3, -0.25) is 0 Å². The molecule has 118 valence electrons. The zero-order valence-electron chi connectivity index (χ0n) is 12.0. The van der Waals surface area contributed by atoms with Crippen LogP contribution in [0, 0.1) is 5.82 Å². The molecule has 2 aromatic carbocycles. The van der Waals surface area contributed by atoms with Crippen molar-refractivity contribution in [2.75, 3.05) is 13.7 Å². The molecule has 0 spiro atoms. The molecule has 0 aromatic heterocycles. The third-order valence-electron chi connectivity index (χ3n) is 2.92. The molecule has 0 aliphatic heterocycles. The van der Waals surface area contributed by atoms with Crippen LogP contribution in [0.25, 0.3) is 0 Å². The van der Waals surface area contributed by atoms with Gasteiger partial charge < -0.3 is 4.74 Å². The molecule has 0 heterocycles. The number of hydrogen-bond acceptors (Lipinski definition) is 5. The van der Waals surface area contributed by atoms with Crippen molar-refractivity contribution in [1.29, 1.82) is 0 Å². The summed E-state index contributed by atoms with van der Waals surface area (Å²) in [4.78, 5) is -0.496. The molecule has 0 amide bonds. The van der Waals surface area contributed by atoms with Crippen LogP contribution in [0.2, 0.25) is 0 Å². The Hall–Kier alpha value is -1.96. The first-order valence-corrected chi connectivity index (χ1v) is 7.97. The highest BCUT2D eigenvalue weighted by atomic mass is 32.2. The fourth-order valence-corrected chi connectivity index (χ4v) is 2.72. The minimum Gasteiger partial charge on any atom is -0.497 e. The van der Waals surface area contributed by atoms with E-state index in [9.17, 15) is 12.8 Å². The van der Waals surface area contributed by atoms with Crippen molar-refractivity contribution in [3.63, 3.8) is 0 Å². The predicted octanol–water partition coefficient (Wildman–Crippen LogP) is 2.29. The molecule has 0 atom stereocenters. The van der Waals surface area contributed by atoms with Crippen LogP contribution < -0.4 is 10.2 Å². The van der Waals surface area contributed by atoms with E-state index < -0.39 is 20.8 Å². The Morgan fingerprint density at radius 3 is 2.64 bits per heavy atom. The number of benzene rings is 2. The molecule has 0 aliphatic rings. The van der Waals surface area contributed by atoms with Gasteiger partial charge in [-0.25, -0.2) is 4.39 Å². The summed E-state index contributed by atoms with van der Waals surface area (Å²) in [7, 11) is -2.60. The van der Waals surface area contributed by atoms with E-state index in [0.717, 1.165) is 23.4 Å². The van der Waals surface area contributed by atoms with Gasteiger partial charge in [0.1, 0.15) is 16.5 Å². The molecule has 22 heavy (non-hydrogen) atoms. The lowest BCUT2D eigenvalue weighted by Crippen LogP contribution is -2.23. The van der Waals surface area contributed by atoms with Crippen molar-refractivity contribution in [3.8, 4) is 5.75 Å². The van der Waals surface area contributed by atoms with Crippen LogP contribution in [0.1, 0.15) is 5.56 Å². The van der Waals surface area contributed by atoms with Crippen LogP contribution in [0.3, 0.4) is 0 Å². The van der Waals surface area contributed by atoms with Gasteiger partial charge in [-0.2, -0.15) is 18.2 Å². The van der Waals surface area contributed by atoms with E-state index >= 15 is 0 Å². The van der Waals surface area contributed by atoms with Crippen LogP contribution in [0.5, 0.6) is 5.75 Å². The number of methoxy groups -OCH3 is 1. The standard InChI is InChI=1S/C15H16FNO4S/c1-20-13-6-4-5-12(11-13)9-10-17-21-22(18,19)15-8-3-2-7-14(15)16/h2-8,11,17H,9-10H2,1H3. The Morgan fingerprint density at radius 1 is 1.14 bits per heavy atom. The lowest BCUT2D eigenvalue weighted by molar-refractivity contribution is 0.204. The van der Waals surface area contributed by atoms with Gasteiger partial charge in [-0.05, 0) is 36.2 Å². The van der Waals surface area contributed by atoms with Gasteiger partial charge in [0.2, 0.25) is 0 Å². The summed E-state index contributed by atoms with van der Waals surface area (Å²) in [6.07, 6.45) is 0.532. The topological polar surface area (TPSA) is 64.6 Å².